The number of furan rings is 1. The molecule has 0 radical (unpaired) electrons. The molecule has 2 aromatic rings. The summed E-state index contributed by atoms with van der Waals surface area (Å²) in [5.41, 5.74) is 0.930. The lowest BCUT2D eigenvalue weighted by Gasteiger charge is -2.16. The van der Waals surface area contributed by atoms with Gasteiger partial charge in [0.2, 0.25) is 10.0 Å². The summed E-state index contributed by atoms with van der Waals surface area (Å²) in [5, 5.41) is 8.91. The zero-order chi connectivity index (χ0) is 15.8. The molecule has 7 heteroatoms. The van der Waals surface area contributed by atoms with Gasteiger partial charge in [0.25, 0.3) is 0 Å². The number of aromatic carboxylic acids is 1. The average Bonchev–Trinajstić information content (AvgIpc) is 3.08. The molecule has 1 fully saturated rings. The van der Waals surface area contributed by atoms with E-state index in [4.69, 9.17) is 9.52 Å². The number of rotatable bonds is 6. The van der Waals surface area contributed by atoms with Gasteiger partial charge in [-0.25, -0.2) is 17.9 Å². The number of hydrogen-bond acceptors (Lipinski definition) is 4. The van der Waals surface area contributed by atoms with Crippen LogP contribution < -0.4 is 4.72 Å². The van der Waals surface area contributed by atoms with Gasteiger partial charge in [-0.3, -0.25) is 0 Å². The number of carbonyl (C=O) groups is 1. The van der Waals surface area contributed by atoms with Crippen molar-refractivity contribution in [2.24, 2.45) is 0 Å². The first kappa shape index (κ1) is 14.8. The van der Waals surface area contributed by atoms with Crippen molar-refractivity contribution in [2.45, 2.75) is 23.2 Å². The van der Waals surface area contributed by atoms with Crippen molar-refractivity contribution >= 4 is 16.0 Å². The third-order valence-electron chi connectivity index (χ3n) is 4.00. The van der Waals surface area contributed by atoms with E-state index in [1.807, 2.05) is 0 Å². The van der Waals surface area contributed by atoms with E-state index in [0.717, 1.165) is 18.4 Å². The molecule has 22 heavy (non-hydrogen) atoms. The molecule has 0 unspecified atom stereocenters. The molecule has 1 saturated carbocycles. The Kier molecular flexibility index (Phi) is 3.54. The van der Waals surface area contributed by atoms with Crippen molar-refractivity contribution in [1.29, 1.82) is 0 Å². The molecular formula is C15H15NO5S. The Labute approximate surface area is 127 Å². The molecule has 2 N–H and O–H groups in total. The number of carboxylic acid groups (broad SMARTS) is 1. The normalized spacial score (nSPS) is 16.4. The Bertz CT molecular complexity index is 774. The number of nitrogens with one attached hydrogen (secondary N) is 1. The van der Waals surface area contributed by atoms with Crippen LogP contribution in [-0.2, 0) is 15.4 Å². The van der Waals surface area contributed by atoms with Gasteiger partial charge >= 0.3 is 5.97 Å². The largest absolute Gasteiger partial charge is 0.478 e. The van der Waals surface area contributed by atoms with E-state index in [9.17, 15) is 13.2 Å². The summed E-state index contributed by atoms with van der Waals surface area (Å²) >= 11 is 0. The third kappa shape index (κ3) is 2.77. The van der Waals surface area contributed by atoms with Crippen molar-refractivity contribution in [3.63, 3.8) is 0 Å². The summed E-state index contributed by atoms with van der Waals surface area (Å²) in [7, 11) is -3.58. The molecule has 0 saturated heterocycles. The molecule has 3 rings (SSSR count). The highest BCUT2D eigenvalue weighted by Gasteiger charge is 2.44. The van der Waals surface area contributed by atoms with Gasteiger partial charge in [-0.1, -0.05) is 12.1 Å². The zero-order valence-corrected chi connectivity index (χ0v) is 12.5. The lowest BCUT2D eigenvalue weighted by molar-refractivity contribution is 0.0697. The second-order valence-electron chi connectivity index (χ2n) is 5.45. The van der Waals surface area contributed by atoms with E-state index >= 15 is 0 Å². The smallest absolute Gasteiger partial charge is 0.335 e. The van der Waals surface area contributed by atoms with Crippen molar-refractivity contribution in [3.8, 4) is 0 Å². The van der Waals surface area contributed by atoms with Crippen LogP contribution in [0, 0.1) is 0 Å². The average molecular weight is 321 g/mol. The van der Waals surface area contributed by atoms with Crippen LogP contribution in [0.25, 0.3) is 0 Å². The topological polar surface area (TPSA) is 96.6 Å². The van der Waals surface area contributed by atoms with Gasteiger partial charge < -0.3 is 9.52 Å². The minimum Gasteiger partial charge on any atom is -0.478 e. The standard InChI is InChI=1S/C15H15NO5S/c17-14(18)11-1-3-12(4-2-11)15(6-7-15)10-16-22(19,20)13-5-8-21-9-13/h1-5,8-9,16H,6-7,10H2,(H,17,18). The van der Waals surface area contributed by atoms with Crippen LogP contribution in [0.1, 0.15) is 28.8 Å². The summed E-state index contributed by atoms with van der Waals surface area (Å²) in [6, 6.07) is 7.99. The van der Waals surface area contributed by atoms with Crippen LogP contribution in [0.3, 0.4) is 0 Å². The molecular weight excluding hydrogens is 306 g/mol. The molecule has 1 aromatic carbocycles. The van der Waals surface area contributed by atoms with Crippen LogP contribution in [0.5, 0.6) is 0 Å². The highest BCUT2D eigenvalue weighted by molar-refractivity contribution is 7.89. The summed E-state index contributed by atoms with van der Waals surface area (Å²) < 4.78 is 31.6. The van der Waals surface area contributed by atoms with E-state index in [0.29, 0.717) is 0 Å². The van der Waals surface area contributed by atoms with E-state index in [2.05, 4.69) is 4.72 Å². The minimum atomic E-state index is -3.58. The fraction of sp³-hybridized carbons (Fsp3) is 0.267. The van der Waals surface area contributed by atoms with E-state index in [-0.39, 0.29) is 22.4 Å². The number of sulfonamides is 1. The molecule has 1 aromatic heterocycles. The Morgan fingerprint density at radius 2 is 1.91 bits per heavy atom. The van der Waals surface area contributed by atoms with Crippen LogP contribution >= 0.6 is 0 Å². The fourth-order valence-electron chi connectivity index (χ4n) is 2.41. The molecule has 0 atom stereocenters. The van der Waals surface area contributed by atoms with Gasteiger partial charge in [-0.15, -0.1) is 0 Å². The van der Waals surface area contributed by atoms with Crippen molar-refractivity contribution in [2.75, 3.05) is 6.54 Å². The Hall–Kier alpha value is -2.12. The van der Waals surface area contributed by atoms with Crippen molar-refractivity contribution in [3.05, 3.63) is 54.0 Å². The quantitative estimate of drug-likeness (QED) is 0.848. The van der Waals surface area contributed by atoms with E-state index < -0.39 is 16.0 Å². The van der Waals surface area contributed by atoms with Gasteiger partial charge in [0.1, 0.15) is 11.2 Å². The van der Waals surface area contributed by atoms with Gasteiger partial charge in [0.05, 0.1) is 11.8 Å². The SMILES string of the molecule is O=C(O)c1ccc(C2(CNS(=O)(=O)c3ccoc3)CC2)cc1. The van der Waals surface area contributed by atoms with E-state index in [1.165, 1.54) is 18.6 Å². The summed E-state index contributed by atoms with van der Waals surface area (Å²) in [4.78, 5) is 11.0. The third-order valence-corrected chi connectivity index (χ3v) is 5.38. The molecule has 0 amide bonds. The highest BCUT2D eigenvalue weighted by Crippen LogP contribution is 2.47. The van der Waals surface area contributed by atoms with Crippen molar-refractivity contribution < 1.29 is 22.7 Å². The maximum atomic E-state index is 12.1. The second kappa shape index (κ2) is 5.26. The van der Waals surface area contributed by atoms with Gasteiger partial charge in [-0.05, 0) is 36.6 Å². The fourth-order valence-corrected chi connectivity index (χ4v) is 3.46. The predicted molar refractivity (Wildman–Crippen MR) is 78.2 cm³/mol. The number of hydrogen-bond donors (Lipinski definition) is 2. The first-order valence-electron chi connectivity index (χ1n) is 6.79. The van der Waals surface area contributed by atoms with Crippen LogP contribution in [-0.4, -0.2) is 26.0 Å². The number of benzene rings is 1. The number of carboxylic acids is 1. The van der Waals surface area contributed by atoms with Gasteiger partial charge in [-0.2, -0.15) is 0 Å². The Balaban J connectivity index is 1.73. The molecule has 116 valence electrons. The molecule has 0 spiro atoms. The Morgan fingerprint density at radius 3 is 2.41 bits per heavy atom. The van der Waals surface area contributed by atoms with E-state index in [1.54, 1.807) is 24.3 Å². The van der Waals surface area contributed by atoms with Gasteiger partial charge in [0, 0.05) is 12.0 Å². The Morgan fingerprint density at radius 1 is 1.23 bits per heavy atom. The summed E-state index contributed by atoms with van der Waals surface area (Å²) in [5.74, 6) is -0.975. The predicted octanol–water partition coefficient (Wildman–Crippen LogP) is 1.99. The molecule has 1 aliphatic rings. The molecule has 0 bridgehead atoms. The second-order valence-corrected chi connectivity index (χ2v) is 7.21. The maximum absolute atomic E-state index is 12.1. The molecule has 6 nitrogen and oxygen atoms in total. The zero-order valence-electron chi connectivity index (χ0n) is 11.7. The summed E-state index contributed by atoms with van der Waals surface area (Å²) in [6.07, 6.45) is 4.23. The van der Waals surface area contributed by atoms with Crippen LogP contribution in [0.4, 0.5) is 0 Å². The first-order chi connectivity index (χ1) is 10.4. The van der Waals surface area contributed by atoms with Crippen LogP contribution in [0.15, 0.2) is 52.2 Å². The maximum Gasteiger partial charge on any atom is 0.335 e. The lowest BCUT2D eigenvalue weighted by Crippen LogP contribution is -2.32. The first-order valence-corrected chi connectivity index (χ1v) is 8.27. The molecule has 1 aliphatic carbocycles. The lowest BCUT2D eigenvalue weighted by atomic mass is 9.95. The van der Waals surface area contributed by atoms with Gasteiger partial charge in [0.15, 0.2) is 0 Å². The summed E-state index contributed by atoms with van der Waals surface area (Å²) in [6.45, 7) is 0.285. The monoisotopic (exact) mass is 321 g/mol. The minimum absolute atomic E-state index is 0.101. The molecule has 0 aliphatic heterocycles. The van der Waals surface area contributed by atoms with Crippen LogP contribution in [0.2, 0.25) is 0 Å². The molecule has 1 heterocycles. The highest BCUT2D eigenvalue weighted by atomic mass is 32.2. The van der Waals surface area contributed by atoms with Crippen molar-refractivity contribution in [1.82, 2.24) is 4.72 Å².